The van der Waals surface area contributed by atoms with Gasteiger partial charge in [0.25, 0.3) is 0 Å². The van der Waals surface area contributed by atoms with Crippen LogP contribution in [0.5, 0.6) is 0 Å². The normalized spacial score (nSPS) is 12.1. The van der Waals surface area contributed by atoms with Crippen molar-refractivity contribution in [3.05, 3.63) is 65.5 Å². The quantitative estimate of drug-likeness (QED) is 0.749. The lowest BCUT2D eigenvalue weighted by Gasteiger charge is -2.10. The third-order valence-corrected chi connectivity index (χ3v) is 2.87. The van der Waals surface area contributed by atoms with Crippen LogP contribution in [0.25, 0.3) is 0 Å². The lowest BCUT2D eigenvalue weighted by atomic mass is 9.94. The van der Waals surface area contributed by atoms with Crippen LogP contribution in [0.4, 0.5) is 0 Å². The van der Waals surface area contributed by atoms with Gasteiger partial charge in [0.15, 0.2) is 0 Å². The van der Waals surface area contributed by atoms with Gasteiger partial charge in [-0.05, 0) is 36.6 Å². The number of carbonyl (C=O) groups is 1. The van der Waals surface area contributed by atoms with E-state index in [-0.39, 0.29) is 5.92 Å². The third-order valence-electron chi connectivity index (χ3n) is 2.87. The van der Waals surface area contributed by atoms with Crippen molar-refractivity contribution >= 4 is 6.29 Å². The van der Waals surface area contributed by atoms with E-state index in [0.717, 1.165) is 18.3 Å². The minimum Gasteiger partial charge on any atom is -0.303 e. The summed E-state index contributed by atoms with van der Waals surface area (Å²) >= 11 is 0. The predicted molar refractivity (Wildman–Crippen MR) is 67.9 cm³/mol. The summed E-state index contributed by atoms with van der Waals surface area (Å²) in [5.41, 5.74) is 3.44. The molecule has 2 nitrogen and oxygen atoms in total. The van der Waals surface area contributed by atoms with Crippen LogP contribution < -0.4 is 0 Å². The summed E-state index contributed by atoms with van der Waals surface area (Å²) in [6, 6.07) is 12.1. The molecule has 1 aromatic carbocycles. The first kappa shape index (κ1) is 11.5. The van der Waals surface area contributed by atoms with Gasteiger partial charge in [0.1, 0.15) is 6.29 Å². The van der Waals surface area contributed by atoms with Gasteiger partial charge in [-0.25, -0.2) is 0 Å². The van der Waals surface area contributed by atoms with Gasteiger partial charge in [-0.15, -0.1) is 0 Å². The molecule has 1 heterocycles. The molecule has 1 unspecified atom stereocenters. The van der Waals surface area contributed by atoms with Crippen LogP contribution in [0, 0.1) is 6.92 Å². The summed E-state index contributed by atoms with van der Waals surface area (Å²) < 4.78 is 0. The van der Waals surface area contributed by atoms with Crippen molar-refractivity contribution in [2.24, 2.45) is 0 Å². The summed E-state index contributed by atoms with van der Waals surface area (Å²) in [5.74, 6) is -0.0827. The second-order valence-corrected chi connectivity index (χ2v) is 4.21. The smallest absolute Gasteiger partial charge is 0.127 e. The number of benzene rings is 1. The van der Waals surface area contributed by atoms with Crippen LogP contribution in [0.3, 0.4) is 0 Å². The summed E-state index contributed by atoms with van der Waals surface area (Å²) in [5, 5.41) is 0. The Morgan fingerprint density at radius 1 is 1.12 bits per heavy atom. The Bertz CT molecular complexity index is 476. The maximum atomic E-state index is 11.2. The average molecular weight is 225 g/mol. The number of hydrogen-bond acceptors (Lipinski definition) is 2. The molecule has 2 aromatic rings. The van der Waals surface area contributed by atoms with Gasteiger partial charge in [0.05, 0.1) is 0 Å². The third kappa shape index (κ3) is 3.00. The van der Waals surface area contributed by atoms with Crippen LogP contribution in [-0.2, 0) is 11.2 Å². The average Bonchev–Trinajstić information content (AvgIpc) is 2.39. The zero-order chi connectivity index (χ0) is 12.1. The molecule has 0 amide bonds. The van der Waals surface area contributed by atoms with E-state index in [9.17, 15) is 4.79 Å². The fourth-order valence-corrected chi connectivity index (χ4v) is 1.83. The van der Waals surface area contributed by atoms with E-state index in [0.29, 0.717) is 0 Å². The highest BCUT2D eigenvalue weighted by Gasteiger charge is 2.10. The van der Waals surface area contributed by atoms with E-state index in [1.807, 2.05) is 12.1 Å². The molecule has 0 fully saturated rings. The second kappa shape index (κ2) is 5.39. The molecule has 0 saturated heterocycles. The standard InChI is InChI=1S/C15H15NO/c1-12-2-4-13(5-3-12)10-15(11-17)14-6-8-16-9-7-14/h2-9,11,15H,10H2,1H3. The van der Waals surface area contributed by atoms with Crippen molar-refractivity contribution in [2.45, 2.75) is 19.3 Å². The van der Waals surface area contributed by atoms with Crippen molar-refractivity contribution in [3.8, 4) is 0 Å². The Balaban J connectivity index is 2.16. The molecule has 2 heteroatoms. The van der Waals surface area contributed by atoms with Crippen molar-refractivity contribution in [1.29, 1.82) is 0 Å². The molecular formula is C15H15NO. The molecule has 86 valence electrons. The summed E-state index contributed by atoms with van der Waals surface area (Å²) in [7, 11) is 0. The van der Waals surface area contributed by atoms with Crippen molar-refractivity contribution in [3.63, 3.8) is 0 Å². The Morgan fingerprint density at radius 2 is 1.76 bits per heavy atom. The monoisotopic (exact) mass is 225 g/mol. The fourth-order valence-electron chi connectivity index (χ4n) is 1.83. The van der Waals surface area contributed by atoms with Crippen LogP contribution in [-0.4, -0.2) is 11.3 Å². The van der Waals surface area contributed by atoms with Gasteiger partial charge in [-0.3, -0.25) is 4.98 Å². The summed E-state index contributed by atoms with van der Waals surface area (Å²) in [4.78, 5) is 15.1. The maximum absolute atomic E-state index is 11.2. The highest BCUT2D eigenvalue weighted by molar-refractivity contribution is 5.62. The number of aryl methyl sites for hydroxylation is 1. The minimum atomic E-state index is -0.0827. The number of aromatic nitrogens is 1. The van der Waals surface area contributed by atoms with Crippen LogP contribution in [0.1, 0.15) is 22.6 Å². The Kier molecular flexibility index (Phi) is 3.66. The van der Waals surface area contributed by atoms with E-state index in [1.54, 1.807) is 12.4 Å². The summed E-state index contributed by atoms with van der Waals surface area (Å²) in [6.07, 6.45) is 5.20. The van der Waals surface area contributed by atoms with Crippen molar-refractivity contribution < 1.29 is 4.79 Å². The van der Waals surface area contributed by atoms with Gasteiger partial charge < -0.3 is 4.79 Å². The molecule has 2 rings (SSSR count). The Labute approximate surface area is 101 Å². The number of carbonyl (C=O) groups excluding carboxylic acids is 1. The molecule has 0 saturated carbocycles. The molecule has 0 bridgehead atoms. The van der Waals surface area contributed by atoms with Crippen LogP contribution in [0.2, 0.25) is 0 Å². The molecule has 0 N–H and O–H groups in total. The fraction of sp³-hybridized carbons (Fsp3) is 0.200. The topological polar surface area (TPSA) is 30.0 Å². The molecule has 0 aliphatic heterocycles. The molecule has 1 aromatic heterocycles. The minimum absolute atomic E-state index is 0.0827. The molecule has 0 radical (unpaired) electrons. The van der Waals surface area contributed by atoms with Crippen LogP contribution >= 0.6 is 0 Å². The zero-order valence-corrected chi connectivity index (χ0v) is 9.84. The largest absolute Gasteiger partial charge is 0.303 e. The van der Waals surface area contributed by atoms with Gasteiger partial charge in [-0.1, -0.05) is 29.8 Å². The van der Waals surface area contributed by atoms with Crippen LogP contribution in [0.15, 0.2) is 48.8 Å². The van der Waals surface area contributed by atoms with Gasteiger partial charge in [0.2, 0.25) is 0 Å². The van der Waals surface area contributed by atoms with Gasteiger partial charge >= 0.3 is 0 Å². The molecule has 1 atom stereocenters. The van der Waals surface area contributed by atoms with Crippen molar-refractivity contribution in [2.75, 3.05) is 0 Å². The maximum Gasteiger partial charge on any atom is 0.127 e. The highest BCUT2D eigenvalue weighted by Crippen LogP contribution is 2.18. The number of nitrogens with zero attached hydrogens (tertiary/aromatic N) is 1. The Hall–Kier alpha value is -1.96. The first-order valence-electron chi connectivity index (χ1n) is 5.70. The number of rotatable bonds is 4. The van der Waals surface area contributed by atoms with Crippen molar-refractivity contribution in [1.82, 2.24) is 4.98 Å². The summed E-state index contributed by atoms with van der Waals surface area (Å²) in [6.45, 7) is 2.06. The first-order valence-corrected chi connectivity index (χ1v) is 5.70. The number of aldehydes is 1. The molecule has 17 heavy (non-hydrogen) atoms. The van der Waals surface area contributed by atoms with E-state index in [2.05, 4.69) is 36.2 Å². The lowest BCUT2D eigenvalue weighted by Crippen LogP contribution is -2.04. The number of hydrogen-bond donors (Lipinski definition) is 0. The van der Waals surface area contributed by atoms with E-state index < -0.39 is 0 Å². The Morgan fingerprint density at radius 3 is 2.35 bits per heavy atom. The molecule has 0 spiro atoms. The van der Waals surface area contributed by atoms with Gasteiger partial charge in [0, 0.05) is 18.3 Å². The SMILES string of the molecule is Cc1ccc(CC(C=O)c2ccncc2)cc1. The van der Waals surface area contributed by atoms with E-state index in [1.165, 1.54) is 11.1 Å². The molecule has 0 aliphatic carbocycles. The second-order valence-electron chi connectivity index (χ2n) is 4.21. The zero-order valence-electron chi connectivity index (χ0n) is 9.84. The van der Waals surface area contributed by atoms with E-state index >= 15 is 0 Å². The van der Waals surface area contributed by atoms with E-state index in [4.69, 9.17) is 0 Å². The lowest BCUT2D eigenvalue weighted by molar-refractivity contribution is -0.109. The predicted octanol–water partition coefficient (Wildman–Crippen LogP) is 2.92. The number of pyridine rings is 1. The molecule has 0 aliphatic rings. The highest BCUT2D eigenvalue weighted by atomic mass is 16.1. The van der Waals surface area contributed by atoms with Gasteiger partial charge in [-0.2, -0.15) is 0 Å². The first-order chi connectivity index (χ1) is 8.29. The molecular weight excluding hydrogens is 210 g/mol.